The lowest BCUT2D eigenvalue weighted by molar-refractivity contribution is -0.0508. The second-order valence-electron chi connectivity index (χ2n) is 4.45. The summed E-state index contributed by atoms with van der Waals surface area (Å²) < 4.78 is 24.2. The third-order valence-electron chi connectivity index (χ3n) is 2.82. The van der Waals surface area contributed by atoms with Crippen molar-refractivity contribution in [1.82, 2.24) is 0 Å². The van der Waals surface area contributed by atoms with Gasteiger partial charge in [-0.2, -0.15) is 0 Å². The Morgan fingerprint density at radius 3 is 2.67 bits per heavy atom. The van der Waals surface area contributed by atoms with Crippen LogP contribution in [0.1, 0.15) is 31.9 Å². The topological polar surface area (TPSA) is 44.5 Å². The summed E-state index contributed by atoms with van der Waals surface area (Å²) in [5, 5.41) is 0. The first-order valence-corrected chi connectivity index (χ1v) is 6.23. The summed E-state index contributed by atoms with van der Waals surface area (Å²) in [4.78, 5) is 0. The third-order valence-corrected chi connectivity index (χ3v) is 2.82. The van der Waals surface area contributed by atoms with E-state index in [9.17, 15) is 4.39 Å². The Balaban J connectivity index is 2.84. The predicted octanol–water partition coefficient (Wildman–Crippen LogP) is 2.66. The number of ether oxygens (including phenoxy) is 2. The van der Waals surface area contributed by atoms with Gasteiger partial charge in [-0.15, -0.1) is 0 Å². The van der Waals surface area contributed by atoms with E-state index in [0.717, 1.165) is 12.0 Å². The van der Waals surface area contributed by atoms with Crippen LogP contribution in [0.25, 0.3) is 0 Å². The molecule has 2 N–H and O–H groups in total. The monoisotopic (exact) mass is 255 g/mol. The van der Waals surface area contributed by atoms with Gasteiger partial charge in [0.1, 0.15) is 5.82 Å². The third kappa shape index (κ3) is 4.37. The van der Waals surface area contributed by atoms with E-state index >= 15 is 0 Å². The fraction of sp³-hybridized carbons (Fsp3) is 0.571. The Morgan fingerprint density at radius 2 is 2.11 bits per heavy atom. The summed E-state index contributed by atoms with van der Waals surface area (Å²) in [6.45, 7) is 4.39. The van der Waals surface area contributed by atoms with Gasteiger partial charge in [0.2, 0.25) is 0 Å². The van der Waals surface area contributed by atoms with Crippen molar-refractivity contribution in [2.45, 2.75) is 38.5 Å². The van der Waals surface area contributed by atoms with E-state index in [-0.39, 0.29) is 24.1 Å². The van der Waals surface area contributed by atoms with E-state index in [2.05, 4.69) is 0 Å². The fourth-order valence-electron chi connectivity index (χ4n) is 1.85. The molecule has 3 unspecified atom stereocenters. The minimum Gasteiger partial charge on any atom is -0.382 e. The molecular weight excluding hydrogens is 233 g/mol. The summed E-state index contributed by atoms with van der Waals surface area (Å²) in [6.07, 6.45) is 0.373. The van der Waals surface area contributed by atoms with Gasteiger partial charge in [0.05, 0.1) is 18.8 Å². The Kier molecular flexibility index (Phi) is 6.25. The number of nitrogens with two attached hydrogens (primary N) is 1. The van der Waals surface area contributed by atoms with Crippen LogP contribution in [0.15, 0.2) is 24.3 Å². The van der Waals surface area contributed by atoms with Gasteiger partial charge in [-0.1, -0.05) is 19.1 Å². The zero-order chi connectivity index (χ0) is 13.5. The molecule has 18 heavy (non-hydrogen) atoms. The Labute approximate surface area is 108 Å². The van der Waals surface area contributed by atoms with E-state index in [0.29, 0.717) is 6.61 Å². The van der Waals surface area contributed by atoms with E-state index < -0.39 is 0 Å². The number of halogens is 1. The first-order chi connectivity index (χ1) is 8.58. The van der Waals surface area contributed by atoms with Gasteiger partial charge in [-0.05, 0) is 31.0 Å². The van der Waals surface area contributed by atoms with Crippen LogP contribution in [0.2, 0.25) is 0 Å². The summed E-state index contributed by atoms with van der Waals surface area (Å²) in [5.41, 5.74) is 6.83. The average molecular weight is 255 g/mol. The van der Waals surface area contributed by atoms with Crippen molar-refractivity contribution >= 4 is 0 Å². The van der Waals surface area contributed by atoms with Crippen molar-refractivity contribution < 1.29 is 13.9 Å². The molecule has 0 amide bonds. The molecule has 0 radical (unpaired) electrons. The number of benzene rings is 1. The molecule has 0 fully saturated rings. The molecule has 0 bridgehead atoms. The Bertz CT molecular complexity index is 359. The largest absolute Gasteiger partial charge is 0.382 e. The molecule has 1 rings (SSSR count). The fourth-order valence-corrected chi connectivity index (χ4v) is 1.85. The van der Waals surface area contributed by atoms with E-state index in [1.165, 1.54) is 12.1 Å². The predicted molar refractivity (Wildman–Crippen MR) is 69.8 cm³/mol. The van der Waals surface area contributed by atoms with Crippen molar-refractivity contribution in [3.05, 3.63) is 35.6 Å². The molecule has 0 saturated carbocycles. The molecule has 3 nitrogen and oxygen atoms in total. The molecule has 0 aliphatic heterocycles. The maximum absolute atomic E-state index is 13.3. The van der Waals surface area contributed by atoms with Gasteiger partial charge in [-0.25, -0.2) is 4.39 Å². The number of hydrogen-bond acceptors (Lipinski definition) is 3. The number of hydrogen-bond donors (Lipinski definition) is 1. The highest BCUT2D eigenvalue weighted by molar-refractivity contribution is 5.20. The molecule has 0 aliphatic rings. The molecule has 1 aromatic carbocycles. The van der Waals surface area contributed by atoms with Gasteiger partial charge < -0.3 is 15.2 Å². The highest BCUT2D eigenvalue weighted by atomic mass is 19.1. The van der Waals surface area contributed by atoms with Crippen LogP contribution in [0.3, 0.4) is 0 Å². The molecule has 102 valence electrons. The lowest BCUT2D eigenvalue weighted by Gasteiger charge is -2.27. The van der Waals surface area contributed by atoms with Gasteiger partial charge in [-0.3, -0.25) is 0 Å². The first-order valence-electron chi connectivity index (χ1n) is 6.23. The summed E-state index contributed by atoms with van der Waals surface area (Å²) in [6, 6.07) is 6.23. The molecule has 1 aromatic rings. The van der Waals surface area contributed by atoms with Crippen LogP contribution >= 0.6 is 0 Å². The maximum Gasteiger partial charge on any atom is 0.123 e. The van der Waals surface area contributed by atoms with E-state index in [1.807, 2.05) is 19.9 Å². The standard InChI is InChI=1S/C14H22FNO2/c1-4-13(16)14(18-10(2)9-17-3)11-6-5-7-12(15)8-11/h5-8,10,13-14H,4,9,16H2,1-3H3. The van der Waals surface area contributed by atoms with Gasteiger partial charge in [0.25, 0.3) is 0 Å². The van der Waals surface area contributed by atoms with Gasteiger partial charge in [0.15, 0.2) is 0 Å². The van der Waals surface area contributed by atoms with Crippen LogP contribution in [0, 0.1) is 5.82 Å². The van der Waals surface area contributed by atoms with Crippen molar-refractivity contribution in [3.8, 4) is 0 Å². The van der Waals surface area contributed by atoms with E-state index in [1.54, 1.807) is 13.2 Å². The van der Waals surface area contributed by atoms with Crippen molar-refractivity contribution in [3.63, 3.8) is 0 Å². The summed E-state index contributed by atoms with van der Waals surface area (Å²) in [7, 11) is 1.62. The second kappa shape index (κ2) is 7.46. The molecule has 0 aliphatic carbocycles. The summed E-state index contributed by atoms with van der Waals surface area (Å²) >= 11 is 0. The maximum atomic E-state index is 13.3. The van der Waals surface area contributed by atoms with Crippen LogP contribution in [0.5, 0.6) is 0 Å². The van der Waals surface area contributed by atoms with Crippen molar-refractivity contribution in [1.29, 1.82) is 0 Å². The van der Waals surface area contributed by atoms with E-state index in [4.69, 9.17) is 15.2 Å². The summed E-state index contributed by atoms with van der Waals surface area (Å²) in [5.74, 6) is -0.274. The lowest BCUT2D eigenvalue weighted by Crippen LogP contribution is -2.33. The van der Waals surface area contributed by atoms with Crippen LogP contribution in [-0.2, 0) is 9.47 Å². The number of methoxy groups -OCH3 is 1. The molecule has 0 spiro atoms. The Hall–Kier alpha value is -0.970. The highest BCUT2D eigenvalue weighted by Gasteiger charge is 2.22. The smallest absolute Gasteiger partial charge is 0.123 e. The van der Waals surface area contributed by atoms with Gasteiger partial charge in [0, 0.05) is 13.2 Å². The zero-order valence-corrected chi connectivity index (χ0v) is 11.2. The molecule has 3 atom stereocenters. The Morgan fingerprint density at radius 1 is 1.39 bits per heavy atom. The number of rotatable bonds is 7. The normalized spacial score (nSPS) is 16.3. The second-order valence-corrected chi connectivity index (χ2v) is 4.45. The molecule has 0 saturated heterocycles. The zero-order valence-electron chi connectivity index (χ0n) is 11.2. The van der Waals surface area contributed by atoms with Crippen LogP contribution in [-0.4, -0.2) is 25.9 Å². The van der Waals surface area contributed by atoms with Gasteiger partial charge >= 0.3 is 0 Å². The minimum absolute atomic E-state index is 0.0825. The molecule has 0 aromatic heterocycles. The lowest BCUT2D eigenvalue weighted by atomic mass is 10.0. The SMILES string of the molecule is CCC(N)C(OC(C)COC)c1cccc(F)c1. The van der Waals surface area contributed by atoms with Crippen LogP contribution < -0.4 is 5.73 Å². The molecule has 0 heterocycles. The first kappa shape index (κ1) is 15.1. The minimum atomic E-state index is -0.309. The quantitative estimate of drug-likeness (QED) is 0.814. The highest BCUT2D eigenvalue weighted by Crippen LogP contribution is 2.24. The average Bonchev–Trinajstić information content (AvgIpc) is 2.35. The van der Waals surface area contributed by atoms with Crippen LogP contribution in [0.4, 0.5) is 4.39 Å². The van der Waals surface area contributed by atoms with Crippen molar-refractivity contribution in [2.75, 3.05) is 13.7 Å². The molecular formula is C14H22FNO2. The van der Waals surface area contributed by atoms with Crippen molar-refractivity contribution in [2.24, 2.45) is 5.73 Å². The molecule has 4 heteroatoms.